The van der Waals surface area contributed by atoms with E-state index in [1.54, 1.807) is 19.9 Å². The summed E-state index contributed by atoms with van der Waals surface area (Å²) in [4.78, 5) is 11.9. The number of cyclic esters (lactones) is 1. The van der Waals surface area contributed by atoms with E-state index >= 15 is 0 Å². The van der Waals surface area contributed by atoms with Crippen LogP contribution in [0.4, 0.5) is 13.2 Å². The van der Waals surface area contributed by atoms with Crippen LogP contribution in [0.3, 0.4) is 0 Å². The molecule has 6 heteroatoms. The predicted molar refractivity (Wildman–Crippen MR) is 66.3 cm³/mol. The molecule has 21 heavy (non-hydrogen) atoms. The Hall–Kier alpha value is -1.98. The Morgan fingerprint density at radius 3 is 2.43 bits per heavy atom. The molecule has 1 aromatic carbocycles. The van der Waals surface area contributed by atoms with Crippen LogP contribution in [0.15, 0.2) is 24.0 Å². The Balaban J connectivity index is 1.81. The van der Waals surface area contributed by atoms with Gasteiger partial charge in [-0.3, -0.25) is 4.79 Å². The van der Waals surface area contributed by atoms with Gasteiger partial charge >= 0.3 is 5.97 Å². The summed E-state index contributed by atoms with van der Waals surface area (Å²) >= 11 is 0. The summed E-state index contributed by atoms with van der Waals surface area (Å²) in [5.41, 5.74) is 0.0202. The normalized spacial score (nSPS) is 26.1. The number of allylic oxidation sites excluding steroid dienone is 1. The number of hydrogen-bond acceptors (Lipinski definition) is 3. The van der Waals surface area contributed by atoms with E-state index in [1.807, 2.05) is 0 Å². The van der Waals surface area contributed by atoms with Crippen LogP contribution < -0.4 is 0 Å². The Morgan fingerprint density at radius 2 is 1.76 bits per heavy atom. The van der Waals surface area contributed by atoms with E-state index in [2.05, 4.69) is 0 Å². The summed E-state index contributed by atoms with van der Waals surface area (Å²) < 4.78 is 50.3. The molecule has 112 valence electrons. The molecular formula is C15H13F3O3. The highest BCUT2D eigenvalue weighted by molar-refractivity contribution is 5.79. The van der Waals surface area contributed by atoms with Crippen LogP contribution in [0, 0.1) is 29.3 Å². The Kier molecular flexibility index (Phi) is 3.00. The molecule has 0 saturated carbocycles. The lowest BCUT2D eigenvalue weighted by molar-refractivity contribution is -0.235. The van der Waals surface area contributed by atoms with Crippen molar-refractivity contribution in [3.63, 3.8) is 0 Å². The highest BCUT2D eigenvalue weighted by Crippen LogP contribution is 2.44. The Morgan fingerprint density at radius 1 is 1.10 bits per heavy atom. The number of rotatable bonds is 2. The van der Waals surface area contributed by atoms with Gasteiger partial charge in [0.1, 0.15) is 17.5 Å². The van der Waals surface area contributed by atoms with E-state index < -0.39 is 35.1 Å². The zero-order valence-electron chi connectivity index (χ0n) is 11.5. The number of benzene rings is 1. The van der Waals surface area contributed by atoms with Gasteiger partial charge in [0.2, 0.25) is 5.79 Å². The number of halogens is 3. The molecule has 0 radical (unpaired) electrons. The molecule has 3 nitrogen and oxygen atoms in total. The fraction of sp³-hybridized carbons (Fsp3) is 0.400. The Labute approximate surface area is 119 Å². The molecule has 1 aliphatic carbocycles. The number of carbonyl (C=O) groups excluding carboxylic acids is 1. The monoisotopic (exact) mass is 298 g/mol. The van der Waals surface area contributed by atoms with Gasteiger partial charge in [-0.15, -0.1) is 0 Å². The van der Waals surface area contributed by atoms with E-state index in [0.717, 1.165) is 6.07 Å². The quantitative estimate of drug-likeness (QED) is 0.622. The second-order valence-corrected chi connectivity index (χ2v) is 5.70. The van der Waals surface area contributed by atoms with Crippen molar-refractivity contribution in [1.82, 2.24) is 0 Å². The van der Waals surface area contributed by atoms with Crippen molar-refractivity contribution in [2.45, 2.75) is 26.1 Å². The smallest absolute Gasteiger partial charge is 0.320 e. The molecule has 2 unspecified atom stereocenters. The first kappa shape index (κ1) is 14.0. The minimum Gasteiger partial charge on any atom is -0.457 e. The molecule has 0 spiro atoms. The fourth-order valence-electron chi connectivity index (χ4n) is 2.65. The van der Waals surface area contributed by atoms with Gasteiger partial charge < -0.3 is 9.47 Å². The maximum atomic E-state index is 13.6. The van der Waals surface area contributed by atoms with Crippen molar-refractivity contribution in [1.29, 1.82) is 0 Å². The first-order valence-electron chi connectivity index (χ1n) is 6.54. The number of esters is 1. The van der Waals surface area contributed by atoms with E-state index in [-0.39, 0.29) is 17.9 Å². The molecule has 0 bridgehead atoms. The van der Waals surface area contributed by atoms with Crippen molar-refractivity contribution in [2.24, 2.45) is 11.8 Å². The number of hydrogen-bond donors (Lipinski definition) is 0. The SMILES string of the molecule is CC1(C)OC(=O)C2C(=CC2Cc2cc(F)c(F)cc2F)O1. The maximum absolute atomic E-state index is 13.6. The molecule has 0 N–H and O–H groups in total. The lowest BCUT2D eigenvalue weighted by Crippen LogP contribution is -2.48. The molecule has 0 aromatic heterocycles. The average molecular weight is 298 g/mol. The molecule has 2 aliphatic rings. The van der Waals surface area contributed by atoms with Crippen molar-refractivity contribution in [2.75, 3.05) is 0 Å². The molecule has 1 aliphatic heterocycles. The summed E-state index contributed by atoms with van der Waals surface area (Å²) in [6, 6.07) is 1.32. The van der Waals surface area contributed by atoms with Crippen molar-refractivity contribution >= 4 is 5.97 Å². The van der Waals surface area contributed by atoms with Crippen molar-refractivity contribution in [3.05, 3.63) is 47.0 Å². The topological polar surface area (TPSA) is 35.5 Å². The minimum atomic E-state index is -1.23. The van der Waals surface area contributed by atoms with Gasteiger partial charge in [0.15, 0.2) is 11.6 Å². The average Bonchev–Trinajstić information content (AvgIpc) is 2.31. The molecule has 1 aromatic rings. The summed E-state index contributed by atoms with van der Waals surface area (Å²) in [5.74, 6) is -5.10. The van der Waals surface area contributed by atoms with Crippen LogP contribution in [0.5, 0.6) is 0 Å². The van der Waals surface area contributed by atoms with Crippen LogP contribution in [0.2, 0.25) is 0 Å². The van der Waals surface area contributed by atoms with Crippen LogP contribution >= 0.6 is 0 Å². The van der Waals surface area contributed by atoms with Gasteiger partial charge in [0.25, 0.3) is 0 Å². The molecule has 1 heterocycles. The second kappa shape index (κ2) is 4.51. The molecular weight excluding hydrogens is 285 g/mol. The molecule has 1 fully saturated rings. The van der Waals surface area contributed by atoms with E-state index in [1.165, 1.54) is 0 Å². The Bertz CT molecular complexity index is 652. The van der Waals surface area contributed by atoms with Crippen molar-refractivity contribution in [3.8, 4) is 0 Å². The summed E-state index contributed by atoms with van der Waals surface area (Å²) in [6.45, 7) is 3.23. The summed E-state index contributed by atoms with van der Waals surface area (Å²) in [7, 11) is 0. The van der Waals surface area contributed by atoms with Crippen LogP contribution in [-0.2, 0) is 20.7 Å². The highest BCUT2D eigenvalue weighted by Gasteiger charge is 2.49. The zero-order valence-corrected chi connectivity index (χ0v) is 11.5. The van der Waals surface area contributed by atoms with Crippen LogP contribution in [0.1, 0.15) is 19.4 Å². The largest absolute Gasteiger partial charge is 0.457 e. The third-order valence-corrected chi connectivity index (χ3v) is 3.62. The number of fused-ring (bicyclic) bond motifs is 1. The molecule has 3 rings (SSSR count). The zero-order chi connectivity index (χ0) is 15.4. The second-order valence-electron chi connectivity index (χ2n) is 5.70. The standard InChI is InChI=1S/C15H13F3O3/c1-15(2)20-12-5-8(13(12)14(19)21-15)3-7-4-10(17)11(18)6-9(7)16/h4-6,8,13H,3H2,1-2H3. The fourth-order valence-corrected chi connectivity index (χ4v) is 2.65. The van der Waals surface area contributed by atoms with Gasteiger partial charge in [0, 0.05) is 25.8 Å². The summed E-state index contributed by atoms with van der Waals surface area (Å²) in [6.07, 6.45) is 1.77. The van der Waals surface area contributed by atoms with Crippen LogP contribution in [-0.4, -0.2) is 11.8 Å². The van der Waals surface area contributed by atoms with Gasteiger partial charge in [-0.2, -0.15) is 0 Å². The van der Waals surface area contributed by atoms with E-state index in [4.69, 9.17) is 9.47 Å². The number of carbonyl (C=O) groups is 1. The lowest BCUT2D eigenvalue weighted by Gasteiger charge is -2.43. The van der Waals surface area contributed by atoms with E-state index in [0.29, 0.717) is 11.8 Å². The van der Waals surface area contributed by atoms with Gasteiger partial charge in [-0.25, -0.2) is 13.2 Å². The third kappa shape index (κ3) is 2.39. The third-order valence-electron chi connectivity index (χ3n) is 3.62. The molecule has 1 saturated heterocycles. The maximum Gasteiger partial charge on any atom is 0.320 e. The predicted octanol–water partition coefficient (Wildman–Crippen LogP) is 3.09. The lowest BCUT2D eigenvalue weighted by atomic mass is 9.75. The van der Waals surface area contributed by atoms with Gasteiger partial charge in [0.05, 0.1) is 0 Å². The van der Waals surface area contributed by atoms with E-state index in [9.17, 15) is 18.0 Å². The van der Waals surface area contributed by atoms with Crippen molar-refractivity contribution < 1.29 is 27.4 Å². The first-order valence-corrected chi connectivity index (χ1v) is 6.54. The molecule has 2 atom stereocenters. The molecule has 0 amide bonds. The highest BCUT2D eigenvalue weighted by atomic mass is 19.2. The van der Waals surface area contributed by atoms with Gasteiger partial charge in [-0.05, 0) is 24.1 Å². The number of ether oxygens (including phenoxy) is 2. The van der Waals surface area contributed by atoms with Gasteiger partial charge in [-0.1, -0.05) is 0 Å². The van der Waals surface area contributed by atoms with Crippen LogP contribution in [0.25, 0.3) is 0 Å². The summed E-state index contributed by atoms with van der Waals surface area (Å²) in [5, 5.41) is 0. The first-order chi connectivity index (χ1) is 9.77. The minimum absolute atomic E-state index is 0.0202.